The molecule has 0 spiro atoms. The Morgan fingerprint density at radius 2 is 1.32 bits per heavy atom. The zero-order valence-corrected chi connectivity index (χ0v) is 17.8. The van der Waals surface area contributed by atoms with E-state index in [0.29, 0.717) is 5.92 Å². The van der Waals surface area contributed by atoms with E-state index in [9.17, 15) is 0 Å². The Balaban J connectivity index is 2.60. The maximum Gasteiger partial charge on any atom is 0.236 e. The predicted molar refractivity (Wildman–Crippen MR) is 102 cm³/mol. The maximum atomic E-state index is 5.91. The van der Waals surface area contributed by atoms with Crippen LogP contribution in [0.4, 0.5) is 0 Å². The third-order valence-electron chi connectivity index (χ3n) is 4.47. The van der Waals surface area contributed by atoms with Crippen LogP contribution in [0, 0.1) is 5.92 Å². The molecule has 0 aromatic rings. The van der Waals surface area contributed by atoms with Crippen molar-refractivity contribution in [3.8, 4) is 0 Å². The second kappa shape index (κ2) is 10.2. The quantitative estimate of drug-likeness (QED) is 0.178. The van der Waals surface area contributed by atoms with Crippen molar-refractivity contribution in [2.75, 3.05) is 0 Å². The minimum Gasteiger partial charge on any atom is -0.228 e. The lowest BCUT2D eigenvalue weighted by atomic mass is 9.95. The van der Waals surface area contributed by atoms with Crippen molar-refractivity contribution in [3.63, 3.8) is 0 Å². The summed E-state index contributed by atoms with van der Waals surface area (Å²) in [7, 11) is 0. The van der Waals surface area contributed by atoms with Gasteiger partial charge in [-0.15, -0.1) is 0 Å². The molecule has 0 N–H and O–H groups in total. The topological polar surface area (TPSA) is 36.9 Å². The Morgan fingerprint density at radius 1 is 0.800 bits per heavy atom. The van der Waals surface area contributed by atoms with Crippen LogP contribution in [0.3, 0.4) is 0 Å². The van der Waals surface area contributed by atoms with Crippen molar-refractivity contribution < 1.29 is 19.6 Å². The first-order valence-corrected chi connectivity index (χ1v) is 10.3. The summed E-state index contributed by atoms with van der Waals surface area (Å²) in [5.74, 6) is -0.451. The molecule has 0 bridgehead atoms. The zero-order valence-electron chi connectivity index (χ0n) is 17.8. The summed E-state index contributed by atoms with van der Waals surface area (Å²) in [5, 5.41) is 0. The average Bonchev–Trinajstić information content (AvgIpc) is 2.89. The first kappa shape index (κ1) is 22.9. The standard InChI is InChI=1S/C21H42O4/c1-8-9-10-11-12-13-15-18-16-14-17-21(18,24-22-19(2,3)4)25-23-20(5,6)7/h18H,8-17H2,1-7H3. The van der Waals surface area contributed by atoms with Crippen LogP contribution >= 0.6 is 0 Å². The Labute approximate surface area is 155 Å². The van der Waals surface area contributed by atoms with E-state index in [1.165, 1.54) is 38.5 Å². The second-order valence-electron chi connectivity index (χ2n) is 9.52. The van der Waals surface area contributed by atoms with Crippen LogP contribution in [-0.4, -0.2) is 17.0 Å². The lowest BCUT2D eigenvalue weighted by molar-refractivity contribution is -0.548. The summed E-state index contributed by atoms with van der Waals surface area (Å²) in [6.07, 6.45) is 11.9. The molecular formula is C21H42O4. The first-order chi connectivity index (χ1) is 11.6. The van der Waals surface area contributed by atoms with Gasteiger partial charge in [-0.1, -0.05) is 45.4 Å². The highest BCUT2D eigenvalue weighted by atomic mass is 17.3. The lowest BCUT2D eigenvalue weighted by Gasteiger charge is -2.36. The van der Waals surface area contributed by atoms with Crippen molar-refractivity contribution in [3.05, 3.63) is 0 Å². The smallest absolute Gasteiger partial charge is 0.228 e. The van der Waals surface area contributed by atoms with Crippen molar-refractivity contribution >= 4 is 0 Å². The normalized spacial score (nSPS) is 21.0. The molecule has 0 aromatic carbocycles. The maximum absolute atomic E-state index is 5.91. The third-order valence-corrected chi connectivity index (χ3v) is 4.47. The molecule has 1 rings (SSSR count). The second-order valence-corrected chi connectivity index (χ2v) is 9.52. The summed E-state index contributed by atoms with van der Waals surface area (Å²) < 4.78 is 0. The van der Waals surface area contributed by atoms with Gasteiger partial charge in [0.05, 0.1) is 11.2 Å². The molecule has 150 valence electrons. The highest BCUT2D eigenvalue weighted by Gasteiger charge is 2.49. The predicted octanol–water partition coefficient (Wildman–Crippen LogP) is 6.73. The van der Waals surface area contributed by atoms with Crippen LogP contribution < -0.4 is 0 Å². The minimum atomic E-state index is -0.774. The molecule has 1 fully saturated rings. The Bertz CT molecular complexity index is 336. The fourth-order valence-corrected chi connectivity index (χ4v) is 3.18. The first-order valence-electron chi connectivity index (χ1n) is 10.3. The molecule has 1 aliphatic carbocycles. The molecule has 25 heavy (non-hydrogen) atoms. The number of unbranched alkanes of at least 4 members (excludes halogenated alkanes) is 5. The number of hydrogen-bond donors (Lipinski definition) is 0. The lowest BCUT2D eigenvalue weighted by Crippen LogP contribution is -2.44. The van der Waals surface area contributed by atoms with Gasteiger partial charge in [0.1, 0.15) is 0 Å². The highest BCUT2D eigenvalue weighted by Crippen LogP contribution is 2.44. The van der Waals surface area contributed by atoms with Crippen LogP contribution in [0.1, 0.15) is 113 Å². The van der Waals surface area contributed by atoms with E-state index >= 15 is 0 Å². The molecule has 1 atom stereocenters. The minimum absolute atomic E-state index is 0.323. The van der Waals surface area contributed by atoms with Gasteiger partial charge in [0.15, 0.2) is 0 Å². The van der Waals surface area contributed by atoms with Crippen molar-refractivity contribution in [1.29, 1.82) is 0 Å². The molecule has 1 unspecified atom stereocenters. The van der Waals surface area contributed by atoms with Crippen molar-refractivity contribution in [2.24, 2.45) is 5.92 Å². The summed E-state index contributed by atoms with van der Waals surface area (Å²) in [4.78, 5) is 23.2. The van der Waals surface area contributed by atoms with Crippen LogP contribution in [-0.2, 0) is 19.6 Å². The van der Waals surface area contributed by atoms with Crippen molar-refractivity contribution in [2.45, 2.75) is 130 Å². The van der Waals surface area contributed by atoms with Gasteiger partial charge in [-0.2, -0.15) is 9.78 Å². The SMILES string of the molecule is CCCCCCCCC1CCCC1(OOC(C)(C)C)OOC(C)(C)C. The van der Waals surface area contributed by atoms with E-state index in [2.05, 4.69) is 6.92 Å². The summed E-state index contributed by atoms with van der Waals surface area (Å²) in [6.45, 7) is 14.2. The molecule has 0 radical (unpaired) electrons. The van der Waals surface area contributed by atoms with E-state index in [1.807, 2.05) is 41.5 Å². The zero-order chi connectivity index (χ0) is 19.0. The van der Waals surface area contributed by atoms with Gasteiger partial charge in [-0.25, -0.2) is 9.78 Å². The number of rotatable bonds is 11. The largest absolute Gasteiger partial charge is 0.236 e. The van der Waals surface area contributed by atoms with E-state index in [1.54, 1.807) is 0 Å². The molecule has 4 nitrogen and oxygen atoms in total. The van der Waals surface area contributed by atoms with E-state index in [0.717, 1.165) is 25.7 Å². The van der Waals surface area contributed by atoms with Crippen LogP contribution in [0.15, 0.2) is 0 Å². The number of hydrogen-bond acceptors (Lipinski definition) is 4. The van der Waals surface area contributed by atoms with Gasteiger partial charge < -0.3 is 0 Å². The van der Waals surface area contributed by atoms with Gasteiger partial charge in [0.25, 0.3) is 0 Å². The summed E-state index contributed by atoms with van der Waals surface area (Å²) in [6, 6.07) is 0. The van der Waals surface area contributed by atoms with Gasteiger partial charge in [-0.05, 0) is 60.8 Å². The monoisotopic (exact) mass is 358 g/mol. The van der Waals surface area contributed by atoms with Gasteiger partial charge in [-0.3, -0.25) is 0 Å². The van der Waals surface area contributed by atoms with E-state index in [4.69, 9.17) is 19.6 Å². The van der Waals surface area contributed by atoms with E-state index < -0.39 is 5.79 Å². The Hall–Kier alpha value is -0.160. The molecule has 0 amide bonds. The molecule has 1 saturated carbocycles. The molecule has 0 aromatic heterocycles. The molecule has 1 aliphatic rings. The highest BCUT2D eigenvalue weighted by molar-refractivity contribution is 4.85. The average molecular weight is 359 g/mol. The third kappa shape index (κ3) is 9.37. The molecule has 0 heterocycles. The molecule has 4 heteroatoms. The van der Waals surface area contributed by atoms with Gasteiger partial charge >= 0.3 is 0 Å². The Kier molecular flexibility index (Phi) is 9.38. The van der Waals surface area contributed by atoms with Crippen LogP contribution in [0.2, 0.25) is 0 Å². The molecular weight excluding hydrogens is 316 g/mol. The fraction of sp³-hybridized carbons (Fsp3) is 1.00. The van der Waals surface area contributed by atoms with Gasteiger partial charge in [0, 0.05) is 12.3 Å². The van der Waals surface area contributed by atoms with Crippen molar-refractivity contribution in [1.82, 2.24) is 0 Å². The Morgan fingerprint density at radius 3 is 1.84 bits per heavy atom. The molecule has 0 saturated heterocycles. The van der Waals surface area contributed by atoms with Gasteiger partial charge in [0.2, 0.25) is 5.79 Å². The molecule has 0 aliphatic heterocycles. The fourth-order valence-electron chi connectivity index (χ4n) is 3.18. The van der Waals surface area contributed by atoms with Crippen LogP contribution in [0.5, 0.6) is 0 Å². The van der Waals surface area contributed by atoms with Crippen LogP contribution in [0.25, 0.3) is 0 Å². The van der Waals surface area contributed by atoms with E-state index in [-0.39, 0.29) is 11.2 Å². The summed E-state index contributed by atoms with van der Waals surface area (Å²) in [5.41, 5.74) is -0.739. The summed E-state index contributed by atoms with van der Waals surface area (Å²) >= 11 is 0.